The van der Waals surface area contributed by atoms with Crippen LogP contribution in [-0.4, -0.2) is 44.4 Å². The first-order valence-corrected chi connectivity index (χ1v) is 6.91. The zero-order chi connectivity index (χ0) is 15.4. The van der Waals surface area contributed by atoms with Crippen molar-refractivity contribution in [2.45, 2.75) is 32.7 Å². The van der Waals surface area contributed by atoms with Gasteiger partial charge in [-0.05, 0) is 31.5 Å². The van der Waals surface area contributed by atoms with Gasteiger partial charge in [-0.25, -0.2) is 4.98 Å². The van der Waals surface area contributed by atoms with E-state index in [9.17, 15) is 9.59 Å². The number of aromatic nitrogens is 2. The number of carbonyl (C=O) groups excluding carboxylic acids is 1. The largest absolute Gasteiger partial charge is 0.481 e. The molecule has 1 amide bonds. The Labute approximate surface area is 122 Å². The van der Waals surface area contributed by atoms with E-state index in [4.69, 9.17) is 5.11 Å². The highest BCUT2D eigenvalue weighted by Crippen LogP contribution is 2.17. The molecule has 0 aromatic carbocycles. The molecule has 0 spiro atoms. The van der Waals surface area contributed by atoms with Gasteiger partial charge in [0, 0.05) is 30.4 Å². The van der Waals surface area contributed by atoms with Gasteiger partial charge in [0.1, 0.15) is 5.65 Å². The molecule has 2 rings (SSSR count). The average Bonchev–Trinajstić information content (AvgIpc) is 2.82. The van der Waals surface area contributed by atoms with Gasteiger partial charge < -0.3 is 15.0 Å². The molecule has 0 unspecified atom stereocenters. The first-order valence-electron chi connectivity index (χ1n) is 6.91. The number of hydrogen-bond acceptors (Lipinski definition) is 3. The summed E-state index contributed by atoms with van der Waals surface area (Å²) in [5.41, 5.74) is 1.63. The molecule has 0 aliphatic rings. The fourth-order valence-corrected chi connectivity index (χ4v) is 2.31. The Morgan fingerprint density at radius 2 is 2.19 bits per heavy atom. The molecule has 0 saturated carbocycles. The lowest BCUT2D eigenvalue weighted by molar-refractivity contribution is -0.139. The number of hydrogen-bond donors (Lipinski definition) is 2. The van der Waals surface area contributed by atoms with E-state index in [0.29, 0.717) is 0 Å². The van der Waals surface area contributed by atoms with E-state index in [0.717, 1.165) is 16.6 Å². The Hall–Kier alpha value is -2.37. The molecule has 0 fully saturated rings. The van der Waals surface area contributed by atoms with E-state index in [1.807, 2.05) is 26.0 Å². The maximum absolute atomic E-state index is 12.4. The van der Waals surface area contributed by atoms with Gasteiger partial charge in [0.25, 0.3) is 0 Å². The van der Waals surface area contributed by atoms with E-state index >= 15 is 0 Å². The normalized spacial score (nSPS) is 11.0. The molecule has 0 saturated heterocycles. The van der Waals surface area contributed by atoms with Gasteiger partial charge in [0.05, 0.1) is 12.8 Å². The number of aromatic amines is 1. The summed E-state index contributed by atoms with van der Waals surface area (Å²) in [5, 5.41) is 9.70. The maximum atomic E-state index is 12.4. The van der Waals surface area contributed by atoms with E-state index in [2.05, 4.69) is 9.97 Å². The van der Waals surface area contributed by atoms with E-state index < -0.39 is 5.97 Å². The minimum atomic E-state index is -0.898. The monoisotopic (exact) mass is 289 g/mol. The smallest absolute Gasteiger partial charge is 0.305 e. The number of amides is 1. The first-order chi connectivity index (χ1) is 9.99. The second-order valence-electron chi connectivity index (χ2n) is 5.21. The van der Waals surface area contributed by atoms with Crippen molar-refractivity contribution in [3.8, 4) is 0 Å². The van der Waals surface area contributed by atoms with Gasteiger partial charge in [-0.1, -0.05) is 0 Å². The van der Waals surface area contributed by atoms with Crippen LogP contribution in [0.25, 0.3) is 11.0 Å². The molecule has 0 atom stereocenters. The fourth-order valence-electron chi connectivity index (χ4n) is 2.31. The van der Waals surface area contributed by atoms with Crippen molar-refractivity contribution in [3.63, 3.8) is 0 Å². The van der Waals surface area contributed by atoms with Crippen molar-refractivity contribution in [1.82, 2.24) is 14.9 Å². The van der Waals surface area contributed by atoms with Crippen LogP contribution in [0.5, 0.6) is 0 Å². The summed E-state index contributed by atoms with van der Waals surface area (Å²) in [5.74, 6) is -0.972. The van der Waals surface area contributed by atoms with Crippen molar-refractivity contribution in [2.75, 3.05) is 6.54 Å². The molecule has 6 nitrogen and oxygen atoms in total. The highest BCUT2D eigenvalue weighted by atomic mass is 16.4. The molecule has 112 valence electrons. The van der Waals surface area contributed by atoms with Gasteiger partial charge in [0.2, 0.25) is 5.91 Å². The van der Waals surface area contributed by atoms with E-state index in [1.54, 1.807) is 17.3 Å². The molecule has 2 N–H and O–H groups in total. The van der Waals surface area contributed by atoms with Gasteiger partial charge in [-0.15, -0.1) is 0 Å². The molecule has 0 bridgehead atoms. The number of rotatable bonds is 6. The lowest BCUT2D eigenvalue weighted by atomic mass is 10.1. The Bertz CT molecular complexity index is 648. The molecular formula is C15H19N3O3. The van der Waals surface area contributed by atoms with Crippen molar-refractivity contribution < 1.29 is 14.7 Å². The summed E-state index contributed by atoms with van der Waals surface area (Å²) in [4.78, 5) is 31.9. The van der Waals surface area contributed by atoms with Gasteiger partial charge in [-0.2, -0.15) is 0 Å². The third-order valence-electron chi connectivity index (χ3n) is 3.39. The molecular weight excluding hydrogens is 270 g/mol. The third kappa shape index (κ3) is 3.59. The lowest BCUT2D eigenvalue weighted by Gasteiger charge is -2.26. The lowest BCUT2D eigenvalue weighted by Crippen LogP contribution is -2.39. The summed E-state index contributed by atoms with van der Waals surface area (Å²) in [6.45, 7) is 4.00. The zero-order valence-electron chi connectivity index (χ0n) is 12.2. The molecule has 0 radical (unpaired) electrons. The number of nitrogens with zero attached hydrogens (tertiary/aromatic N) is 2. The van der Waals surface area contributed by atoms with Crippen LogP contribution in [-0.2, 0) is 16.0 Å². The van der Waals surface area contributed by atoms with Gasteiger partial charge in [0.15, 0.2) is 0 Å². The molecule has 2 aromatic heterocycles. The first kappa shape index (κ1) is 15.0. The summed E-state index contributed by atoms with van der Waals surface area (Å²) >= 11 is 0. The SMILES string of the molecule is CC(C)N(CCC(=O)O)C(=O)Cc1c[nH]c2ncccc12. The molecule has 0 aliphatic heterocycles. The number of aliphatic carboxylic acids is 1. The van der Waals surface area contributed by atoms with Gasteiger partial charge in [-0.3, -0.25) is 9.59 Å². The summed E-state index contributed by atoms with van der Waals surface area (Å²) < 4.78 is 0. The summed E-state index contributed by atoms with van der Waals surface area (Å²) in [7, 11) is 0. The molecule has 6 heteroatoms. The fraction of sp³-hybridized carbons (Fsp3) is 0.400. The van der Waals surface area contributed by atoms with Crippen LogP contribution in [0.3, 0.4) is 0 Å². The topological polar surface area (TPSA) is 86.3 Å². The number of carbonyl (C=O) groups is 2. The highest BCUT2D eigenvalue weighted by Gasteiger charge is 2.19. The Kier molecular flexibility index (Phi) is 4.57. The molecule has 2 heterocycles. The summed E-state index contributed by atoms with van der Waals surface area (Å²) in [6, 6.07) is 3.72. The van der Waals surface area contributed by atoms with Crippen LogP contribution in [0.4, 0.5) is 0 Å². The van der Waals surface area contributed by atoms with E-state index in [1.165, 1.54) is 0 Å². The number of H-pyrrole nitrogens is 1. The Morgan fingerprint density at radius 3 is 2.86 bits per heavy atom. The molecule has 2 aromatic rings. The Balaban J connectivity index is 2.12. The quantitative estimate of drug-likeness (QED) is 0.849. The second kappa shape index (κ2) is 6.39. The summed E-state index contributed by atoms with van der Waals surface area (Å²) in [6.07, 6.45) is 3.67. The minimum absolute atomic E-state index is 0.0276. The number of carboxylic acids is 1. The number of pyridine rings is 1. The predicted molar refractivity (Wildman–Crippen MR) is 78.9 cm³/mol. The van der Waals surface area contributed by atoms with Crippen molar-refractivity contribution in [1.29, 1.82) is 0 Å². The maximum Gasteiger partial charge on any atom is 0.305 e. The van der Waals surface area contributed by atoms with Crippen molar-refractivity contribution in [3.05, 3.63) is 30.1 Å². The van der Waals surface area contributed by atoms with Crippen LogP contribution in [0, 0.1) is 0 Å². The van der Waals surface area contributed by atoms with Crippen molar-refractivity contribution >= 4 is 22.9 Å². The van der Waals surface area contributed by atoms with Crippen LogP contribution in [0.2, 0.25) is 0 Å². The zero-order valence-corrected chi connectivity index (χ0v) is 12.2. The van der Waals surface area contributed by atoms with Crippen LogP contribution in [0.15, 0.2) is 24.5 Å². The average molecular weight is 289 g/mol. The third-order valence-corrected chi connectivity index (χ3v) is 3.39. The van der Waals surface area contributed by atoms with Crippen molar-refractivity contribution in [2.24, 2.45) is 0 Å². The number of nitrogens with one attached hydrogen (secondary N) is 1. The highest BCUT2D eigenvalue weighted by molar-refractivity contribution is 5.87. The number of fused-ring (bicyclic) bond motifs is 1. The van der Waals surface area contributed by atoms with Crippen LogP contribution >= 0.6 is 0 Å². The predicted octanol–water partition coefficient (Wildman–Crippen LogP) is 1.82. The Morgan fingerprint density at radius 1 is 1.43 bits per heavy atom. The van der Waals surface area contributed by atoms with Crippen LogP contribution in [0.1, 0.15) is 25.8 Å². The number of carboxylic acid groups (broad SMARTS) is 1. The van der Waals surface area contributed by atoms with Gasteiger partial charge >= 0.3 is 5.97 Å². The standard InChI is InChI=1S/C15H19N3O3/c1-10(2)18(7-5-14(20)21)13(19)8-11-9-17-15-12(11)4-3-6-16-15/h3-4,6,9-10H,5,7-8H2,1-2H3,(H,16,17)(H,20,21). The second-order valence-corrected chi connectivity index (χ2v) is 5.21. The van der Waals surface area contributed by atoms with E-state index in [-0.39, 0.29) is 31.3 Å². The molecule has 0 aliphatic carbocycles. The molecule has 21 heavy (non-hydrogen) atoms. The van der Waals surface area contributed by atoms with Crippen LogP contribution < -0.4 is 0 Å². The minimum Gasteiger partial charge on any atom is -0.481 e.